The highest BCUT2D eigenvalue weighted by molar-refractivity contribution is 5.68. The third kappa shape index (κ3) is 2.22. The summed E-state index contributed by atoms with van der Waals surface area (Å²) < 4.78 is 4.92. The van der Waals surface area contributed by atoms with Gasteiger partial charge in [-0.25, -0.2) is 0 Å². The zero-order valence-electron chi connectivity index (χ0n) is 6.57. The first kappa shape index (κ1) is 8.51. The Bertz CT molecular complexity index is 271. The van der Waals surface area contributed by atoms with Crippen molar-refractivity contribution in [2.75, 3.05) is 6.61 Å². The molecule has 0 fully saturated rings. The fraction of sp³-hybridized carbons (Fsp3) is 0.500. The number of H-pyrrole nitrogens is 1. The lowest BCUT2D eigenvalue weighted by Crippen LogP contribution is -2.01. The molecule has 0 bridgehead atoms. The van der Waals surface area contributed by atoms with E-state index in [9.17, 15) is 4.79 Å². The van der Waals surface area contributed by atoms with Gasteiger partial charge in [-0.15, -0.1) is 5.10 Å². The minimum atomic E-state index is -0.950. The molecule has 0 aliphatic carbocycles. The number of hydrogen-bond donors (Lipinski definition) is 2. The second-order valence-electron chi connectivity index (χ2n) is 2.07. The van der Waals surface area contributed by atoms with Gasteiger partial charge in [-0.3, -0.25) is 9.89 Å². The Morgan fingerprint density at radius 1 is 1.75 bits per heavy atom. The summed E-state index contributed by atoms with van der Waals surface area (Å²) in [6.07, 6.45) is -0.167. The van der Waals surface area contributed by atoms with Crippen molar-refractivity contribution in [3.8, 4) is 6.01 Å². The van der Waals surface area contributed by atoms with E-state index in [0.29, 0.717) is 12.4 Å². The largest absolute Gasteiger partial charge is 0.481 e. The first-order valence-corrected chi connectivity index (χ1v) is 3.48. The predicted octanol–water partition coefficient (Wildman–Crippen LogP) is -0.170. The Morgan fingerprint density at radius 3 is 3.08 bits per heavy atom. The average molecular weight is 171 g/mol. The van der Waals surface area contributed by atoms with Crippen LogP contribution in [-0.4, -0.2) is 32.9 Å². The number of hydrogen-bond acceptors (Lipinski definition) is 4. The number of carboxylic acid groups (broad SMARTS) is 1. The molecule has 2 N–H and O–H groups in total. The van der Waals surface area contributed by atoms with Crippen molar-refractivity contribution in [1.29, 1.82) is 0 Å². The predicted molar refractivity (Wildman–Crippen MR) is 38.9 cm³/mol. The highest BCUT2D eigenvalue weighted by Gasteiger charge is 2.06. The van der Waals surface area contributed by atoms with Gasteiger partial charge in [0.05, 0.1) is 6.61 Å². The van der Waals surface area contributed by atoms with Crippen molar-refractivity contribution in [3.63, 3.8) is 0 Å². The van der Waals surface area contributed by atoms with Gasteiger partial charge >= 0.3 is 12.0 Å². The Labute approximate surface area is 68.6 Å². The lowest BCUT2D eigenvalue weighted by atomic mass is 10.4. The fourth-order valence-electron chi connectivity index (χ4n) is 0.694. The molecule has 0 spiro atoms. The smallest absolute Gasteiger partial charge is 0.335 e. The van der Waals surface area contributed by atoms with Crippen LogP contribution in [0.15, 0.2) is 0 Å². The molecule has 6 heteroatoms. The number of ether oxygens (including phenoxy) is 1. The molecule has 1 rings (SSSR count). The maximum atomic E-state index is 10.2. The molecular weight excluding hydrogens is 162 g/mol. The number of aliphatic carboxylic acids is 1. The van der Waals surface area contributed by atoms with Gasteiger partial charge in [0.2, 0.25) is 0 Å². The molecule has 1 aromatic rings. The molecule has 0 aromatic carbocycles. The van der Waals surface area contributed by atoms with Gasteiger partial charge in [0.1, 0.15) is 12.2 Å². The summed E-state index contributed by atoms with van der Waals surface area (Å²) in [6, 6.07) is 0.189. The molecule has 1 heterocycles. The van der Waals surface area contributed by atoms with Crippen molar-refractivity contribution in [2.45, 2.75) is 13.3 Å². The average Bonchev–Trinajstić information content (AvgIpc) is 2.36. The van der Waals surface area contributed by atoms with E-state index in [1.807, 2.05) is 0 Å². The van der Waals surface area contributed by atoms with Crippen molar-refractivity contribution >= 4 is 5.97 Å². The Morgan fingerprint density at radius 2 is 2.50 bits per heavy atom. The summed E-state index contributed by atoms with van der Waals surface area (Å²) in [5.74, 6) is -0.653. The first-order valence-electron chi connectivity index (χ1n) is 3.48. The van der Waals surface area contributed by atoms with Crippen LogP contribution in [0.5, 0.6) is 6.01 Å². The van der Waals surface area contributed by atoms with Crippen LogP contribution >= 0.6 is 0 Å². The molecule has 0 aliphatic rings. The molecule has 0 unspecified atom stereocenters. The maximum absolute atomic E-state index is 10.2. The van der Waals surface area contributed by atoms with Crippen molar-refractivity contribution < 1.29 is 14.6 Å². The van der Waals surface area contributed by atoms with E-state index < -0.39 is 5.97 Å². The van der Waals surface area contributed by atoms with Gasteiger partial charge in [-0.2, -0.15) is 4.98 Å². The lowest BCUT2D eigenvalue weighted by Gasteiger charge is -1.91. The van der Waals surface area contributed by atoms with E-state index in [4.69, 9.17) is 9.84 Å². The minimum absolute atomic E-state index is 0.167. The number of rotatable bonds is 4. The number of nitrogens with zero attached hydrogens (tertiary/aromatic N) is 2. The highest BCUT2D eigenvalue weighted by Crippen LogP contribution is 2.01. The quantitative estimate of drug-likeness (QED) is 0.656. The van der Waals surface area contributed by atoms with Gasteiger partial charge < -0.3 is 9.84 Å². The fourth-order valence-corrected chi connectivity index (χ4v) is 0.694. The van der Waals surface area contributed by atoms with Gasteiger partial charge in [0.25, 0.3) is 0 Å². The third-order valence-electron chi connectivity index (χ3n) is 1.10. The van der Waals surface area contributed by atoms with Crippen LogP contribution in [0.25, 0.3) is 0 Å². The summed E-state index contributed by atoms with van der Waals surface area (Å²) in [6.45, 7) is 2.26. The monoisotopic (exact) mass is 171 g/mol. The van der Waals surface area contributed by atoms with Gasteiger partial charge in [-0.1, -0.05) is 0 Å². The summed E-state index contributed by atoms with van der Waals surface area (Å²) in [5.41, 5.74) is 0. The normalized spacial score (nSPS) is 9.75. The Balaban J connectivity index is 2.58. The summed E-state index contributed by atoms with van der Waals surface area (Å²) in [7, 11) is 0. The van der Waals surface area contributed by atoms with E-state index in [1.54, 1.807) is 6.92 Å². The van der Waals surface area contributed by atoms with Crippen LogP contribution in [0.2, 0.25) is 0 Å². The molecule has 66 valence electrons. The van der Waals surface area contributed by atoms with E-state index in [2.05, 4.69) is 15.2 Å². The molecule has 0 amide bonds. The molecule has 1 aromatic heterocycles. The minimum Gasteiger partial charge on any atom is -0.481 e. The van der Waals surface area contributed by atoms with E-state index in [0.717, 1.165) is 0 Å². The van der Waals surface area contributed by atoms with E-state index in [1.165, 1.54) is 0 Å². The van der Waals surface area contributed by atoms with Crippen LogP contribution < -0.4 is 4.74 Å². The zero-order valence-corrected chi connectivity index (χ0v) is 6.57. The summed E-state index contributed by atoms with van der Waals surface area (Å²) >= 11 is 0. The van der Waals surface area contributed by atoms with Crippen LogP contribution in [0.1, 0.15) is 12.7 Å². The zero-order chi connectivity index (χ0) is 8.97. The number of aromatic amines is 1. The number of carboxylic acids is 1. The second kappa shape index (κ2) is 3.70. The SMILES string of the molecule is CCOc1n[nH]c(CC(=O)O)n1. The van der Waals surface area contributed by atoms with Crippen LogP contribution in [0.4, 0.5) is 0 Å². The van der Waals surface area contributed by atoms with Crippen molar-refractivity contribution in [3.05, 3.63) is 5.82 Å². The molecule has 6 nitrogen and oxygen atoms in total. The number of aromatic nitrogens is 3. The van der Waals surface area contributed by atoms with Crippen LogP contribution in [-0.2, 0) is 11.2 Å². The lowest BCUT2D eigenvalue weighted by molar-refractivity contribution is -0.136. The Hall–Kier alpha value is -1.59. The summed E-state index contributed by atoms with van der Waals surface area (Å²) in [5, 5.41) is 14.5. The number of carbonyl (C=O) groups is 1. The molecular formula is C6H9N3O3. The molecule has 0 atom stereocenters. The van der Waals surface area contributed by atoms with E-state index >= 15 is 0 Å². The second-order valence-corrected chi connectivity index (χ2v) is 2.07. The van der Waals surface area contributed by atoms with Gasteiger partial charge in [-0.05, 0) is 6.92 Å². The van der Waals surface area contributed by atoms with Gasteiger partial charge in [0, 0.05) is 0 Å². The number of nitrogens with one attached hydrogen (secondary N) is 1. The molecule has 0 aliphatic heterocycles. The van der Waals surface area contributed by atoms with Gasteiger partial charge in [0.15, 0.2) is 0 Å². The van der Waals surface area contributed by atoms with Crippen molar-refractivity contribution in [2.24, 2.45) is 0 Å². The first-order chi connectivity index (χ1) is 5.72. The molecule has 12 heavy (non-hydrogen) atoms. The van der Waals surface area contributed by atoms with Crippen LogP contribution in [0, 0.1) is 0 Å². The molecule has 0 radical (unpaired) electrons. The third-order valence-corrected chi connectivity index (χ3v) is 1.10. The maximum Gasteiger partial charge on any atom is 0.335 e. The standard InChI is InChI=1S/C6H9N3O3/c1-2-12-6-7-4(8-9-6)3-5(10)11/h2-3H2,1H3,(H,10,11)(H,7,8,9). The van der Waals surface area contributed by atoms with Crippen molar-refractivity contribution in [1.82, 2.24) is 15.2 Å². The Kier molecular flexibility index (Phi) is 2.62. The van der Waals surface area contributed by atoms with Crippen LogP contribution in [0.3, 0.4) is 0 Å². The molecule has 0 saturated carbocycles. The highest BCUT2D eigenvalue weighted by atomic mass is 16.5. The topological polar surface area (TPSA) is 88.1 Å². The van der Waals surface area contributed by atoms with E-state index in [-0.39, 0.29) is 12.4 Å². The summed E-state index contributed by atoms with van der Waals surface area (Å²) in [4.78, 5) is 14.0. The molecule has 0 saturated heterocycles.